The van der Waals surface area contributed by atoms with Crippen LogP contribution < -0.4 is 5.32 Å². The number of fused-ring (bicyclic) bond motifs is 1. The van der Waals surface area contributed by atoms with E-state index < -0.39 is 5.41 Å². The average molecular weight is 427 g/mol. The summed E-state index contributed by atoms with van der Waals surface area (Å²) in [6.45, 7) is 10.6. The second kappa shape index (κ2) is 7.22. The molecule has 0 fully saturated rings. The van der Waals surface area contributed by atoms with Crippen molar-refractivity contribution in [3.8, 4) is 11.1 Å². The van der Waals surface area contributed by atoms with Crippen molar-refractivity contribution in [1.29, 1.82) is 0 Å². The number of hydrogen-bond acceptors (Lipinski definition) is 5. The standard InChI is InChI=1S/C27H30N4O/c1-6-27(19-9-7-8-18(12-19)20-10-11-28-15-16(20)2)23-17(3)30-31-25(23)29-21-13-26(4,5)14-22(32)24(21)27/h7-12,15,25,29H,6,13-14H2,1-5H3/t25?,27-/m0/s1. The Morgan fingerprint density at radius 1 is 1.16 bits per heavy atom. The summed E-state index contributed by atoms with van der Waals surface area (Å²) in [4.78, 5) is 18.0. The number of Topliss-reactive ketones (excluding diaryl/α,β-unsaturated/α-hetero) is 1. The maximum atomic E-state index is 13.7. The Morgan fingerprint density at radius 2 is 1.97 bits per heavy atom. The van der Waals surface area contributed by atoms with Gasteiger partial charge in [0.15, 0.2) is 11.9 Å². The summed E-state index contributed by atoms with van der Waals surface area (Å²) < 4.78 is 0. The number of azo groups is 1. The van der Waals surface area contributed by atoms with Gasteiger partial charge in [0.25, 0.3) is 0 Å². The predicted molar refractivity (Wildman–Crippen MR) is 126 cm³/mol. The van der Waals surface area contributed by atoms with E-state index in [0.717, 1.165) is 57.6 Å². The molecule has 3 heterocycles. The summed E-state index contributed by atoms with van der Waals surface area (Å²) in [5.74, 6) is 0.238. The first-order chi connectivity index (χ1) is 15.3. The van der Waals surface area contributed by atoms with Gasteiger partial charge in [-0.25, -0.2) is 0 Å². The quantitative estimate of drug-likeness (QED) is 0.653. The SMILES string of the molecule is CC[C@@]1(c2cccc(-c3ccncc3C)c2)C2=C(CC(C)(C)CC2=O)NC2N=NC(C)=C21. The Morgan fingerprint density at radius 3 is 2.72 bits per heavy atom. The van der Waals surface area contributed by atoms with Crippen LogP contribution in [-0.4, -0.2) is 16.9 Å². The first kappa shape index (κ1) is 20.8. The molecule has 0 radical (unpaired) electrons. The molecule has 2 aliphatic heterocycles. The number of nitrogens with zero attached hydrogens (tertiary/aromatic N) is 3. The number of carbonyl (C=O) groups is 1. The Balaban J connectivity index is 1.78. The Labute approximate surface area is 189 Å². The molecule has 5 nitrogen and oxygen atoms in total. The fourth-order valence-corrected chi connectivity index (χ4v) is 5.96. The number of allylic oxidation sites excluding steroid dienone is 3. The molecule has 0 spiro atoms. The zero-order valence-corrected chi connectivity index (χ0v) is 19.5. The number of aryl methyl sites for hydroxylation is 1. The van der Waals surface area contributed by atoms with Crippen LogP contribution in [0.4, 0.5) is 0 Å². The molecular formula is C27H30N4O. The monoisotopic (exact) mass is 426 g/mol. The van der Waals surface area contributed by atoms with E-state index in [-0.39, 0.29) is 17.4 Å². The smallest absolute Gasteiger partial charge is 0.165 e. The summed E-state index contributed by atoms with van der Waals surface area (Å²) in [6, 6.07) is 10.7. The zero-order valence-electron chi connectivity index (χ0n) is 19.5. The molecule has 3 aliphatic rings. The third-order valence-corrected chi connectivity index (χ3v) is 7.28. The maximum absolute atomic E-state index is 13.7. The second-order valence-corrected chi connectivity index (χ2v) is 10.1. The number of pyridine rings is 1. The van der Waals surface area contributed by atoms with E-state index in [0.29, 0.717) is 6.42 Å². The summed E-state index contributed by atoms with van der Waals surface area (Å²) >= 11 is 0. The number of ketones is 1. The highest BCUT2D eigenvalue weighted by atomic mass is 16.1. The van der Waals surface area contributed by atoms with E-state index in [2.05, 4.69) is 78.6 Å². The minimum atomic E-state index is -0.524. The van der Waals surface area contributed by atoms with Crippen molar-refractivity contribution in [2.45, 2.75) is 65.5 Å². The topological polar surface area (TPSA) is 66.7 Å². The predicted octanol–water partition coefficient (Wildman–Crippen LogP) is 6.02. The van der Waals surface area contributed by atoms with Crippen molar-refractivity contribution < 1.29 is 4.79 Å². The van der Waals surface area contributed by atoms with E-state index in [1.54, 1.807) is 0 Å². The number of carbonyl (C=O) groups excluding carboxylic acids is 1. The van der Waals surface area contributed by atoms with Gasteiger partial charge >= 0.3 is 0 Å². The largest absolute Gasteiger partial charge is 0.362 e. The molecule has 1 N–H and O–H groups in total. The summed E-state index contributed by atoms with van der Waals surface area (Å²) in [5, 5.41) is 12.6. The Hall–Kier alpha value is -3.08. The van der Waals surface area contributed by atoms with Gasteiger partial charge in [-0.2, -0.15) is 10.2 Å². The van der Waals surface area contributed by atoms with Crippen molar-refractivity contribution in [3.63, 3.8) is 0 Å². The molecule has 5 rings (SSSR count). The van der Waals surface area contributed by atoms with E-state index in [4.69, 9.17) is 0 Å². The highest BCUT2D eigenvalue weighted by Gasteiger charge is 2.53. The van der Waals surface area contributed by atoms with Crippen molar-refractivity contribution in [2.24, 2.45) is 15.6 Å². The molecule has 0 saturated carbocycles. The number of benzene rings is 1. The van der Waals surface area contributed by atoms with E-state index in [9.17, 15) is 4.79 Å². The van der Waals surface area contributed by atoms with Crippen molar-refractivity contribution in [2.75, 3.05) is 0 Å². The lowest BCUT2D eigenvalue weighted by Gasteiger charge is -2.48. The molecule has 1 aromatic heterocycles. The highest BCUT2D eigenvalue weighted by Crippen LogP contribution is 2.55. The van der Waals surface area contributed by atoms with Crippen LogP contribution in [0.25, 0.3) is 11.1 Å². The van der Waals surface area contributed by atoms with E-state index in [1.165, 1.54) is 0 Å². The molecule has 164 valence electrons. The molecule has 0 bridgehead atoms. The molecule has 0 saturated heterocycles. The minimum Gasteiger partial charge on any atom is -0.362 e. The van der Waals surface area contributed by atoms with Gasteiger partial charge in [0, 0.05) is 35.7 Å². The molecule has 2 aromatic rings. The Bertz CT molecular complexity index is 1220. The third-order valence-electron chi connectivity index (χ3n) is 7.28. The fourth-order valence-electron chi connectivity index (χ4n) is 5.96. The first-order valence-corrected chi connectivity index (χ1v) is 11.4. The molecule has 1 aliphatic carbocycles. The van der Waals surface area contributed by atoms with Gasteiger partial charge in [-0.05, 0) is 66.5 Å². The van der Waals surface area contributed by atoms with Gasteiger partial charge in [0.1, 0.15) is 0 Å². The number of rotatable bonds is 3. The third kappa shape index (κ3) is 2.98. The number of aromatic nitrogens is 1. The Kier molecular flexibility index (Phi) is 4.70. The molecule has 1 aromatic carbocycles. The van der Waals surface area contributed by atoms with Gasteiger partial charge in [-0.1, -0.05) is 39.0 Å². The normalized spacial score (nSPS) is 26.2. The summed E-state index contributed by atoms with van der Waals surface area (Å²) in [6.07, 6.45) is 5.71. The molecule has 2 atom stereocenters. The van der Waals surface area contributed by atoms with Crippen LogP contribution in [0.15, 0.2) is 75.5 Å². The van der Waals surface area contributed by atoms with Crippen LogP contribution >= 0.6 is 0 Å². The molecule has 1 unspecified atom stereocenters. The van der Waals surface area contributed by atoms with Gasteiger partial charge in [-0.15, -0.1) is 0 Å². The van der Waals surface area contributed by atoms with Crippen molar-refractivity contribution in [3.05, 3.63) is 76.4 Å². The van der Waals surface area contributed by atoms with Gasteiger partial charge in [0.05, 0.1) is 11.1 Å². The molecular weight excluding hydrogens is 396 g/mol. The van der Waals surface area contributed by atoms with Crippen LogP contribution in [0.3, 0.4) is 0 Å². The van der Waals surface area contributed by atoms with Gasteiger partial charge in [0.2, 0.25) is 0 Å². The number of nitrogens with one attached hydrogen (secondary N) is 1. The molecule has 32 heavy (non-hydrogen) atoms. The lowest BCUT2D eigenvalue weighted by atomic mass is 9.58. The van der Waals surface area contributed by atoms with E-state index in [1.807, 2.05) is 19.3 Å². The fraction of sp³-hybridized carbons (Fsp3) is 0.407. The van der Waals surface area contributed by atoms with Crippen molar-refractivity contribution >= 4 is 5.78 Å². The lowest BCUT2D eigenvalue weighted by molar-refractivity contribution is -0.119. The first-order valence-electron chi connectivity index (χ1n) is 11.4. The van der Waals surface area contributed by atoms with Gasteiger partial charge < -0.3 is 5.32 Å². The van der Waals surface area contributed by atoms with Crippen LogP contribution in [-0.2, 0) is 10.2 Å². The van der Waals surface area contributed by atoms with Crippen LogP contribution in [0.2, 0.25) is 0 Å². The highest BCUT2D eigenvalue weighted by molar-refractivity contribution is 6.01. The molecule has 5 heteroatoms. The van der Waals surface area contributed by atoms with Crippen LogP contribution in [0, 0.1) is 12.3 Å². The van der Waals surface area contributed by atoms with Crippen molar-refractivity contribution in [1.82, 2.24) is 10.3 Å². The average Bonchev–Trinajstić information content (AvgIpc) is 3.12. The number of hydrogen-bond donors (Lipinski definition) is 1. The minimum absolute atomic E-state index is 0.0651. The van der Waals surface area contributed by atoms with E-state index >= 15 is 0 Å². The van der Waals surface area contributed by atoms with Gasteiger partial charge in [-0.3, -0.25) is 9.78 Å². The summed E-state index contributed by atoms with van der Waals surface area (Å²) in [5.41, 5.74) is 7.98. The second-order valence-electron chi connectivity index (χ2n) is 10.1. The van der Waals surface area contributed by atoms with Crippen LogP contribution in [0.1, 0.15) is 58.1 Å². The van der Waals surface area contributed by atoms with Crippen LogP contribution in [0.5, 0.6) is 0 Å². The maximum Gasteiger partial charge on any atom is 0.165 e. The summed E-state index contributed by atoms with van der Waals surface area (Å²) in [7, 11) is 0. The zero-order chi connectivity index (χ0) is 22.7. The lowest BCUT2D eigenvalue weighted by Crippen LogP contribution is -2.51. The molecule has 0 amide bonds.